The van der Waals surface area contributed by atoms with E-state index in [1.807, 2.05) is 20.0 Å². The number of amidine groups is 1. The lowest BCUT2D eigenvalue weighted by molar-refractivity contribution is -0.766. The number of carbonyl (C=O) groups is 2. The summed E-state index contributed by atoms with van der Waals surface area (Å²) in [6.45, 7) is 5.16. The second-order valence-electron chi connectivity index (χ2n) is 6.19. The van der Waals surface area contributed by atoms with E-state index in [1.165, 1.54) is 0 Å². The SMILES string of the molecule is CNC(=O)CCC[N+]1(CCC(=O)NC)C(c2cnc(C)[nH]2)=CN=C1C. The molecule has 0 spiro atoms. The highest BCUT2D eigenvalue weighted by molar-refractivity contribution is 5.85. The molecule has 8 nitrogen and oxygen atoms in total. The van der Waals surface area contributed by atoms with E-state index >= 15 is 0 Å². The van der Waals surface area contributed by atoms with E-state index in [4.69, 9.17) is 0 Å². The van der Waals surface area contributed by atoms with Crippen LogP contribution in [-0.2, 0) is 9.59 Å². The Morgan fingerprint density at radius 3 is 2.40 bits per heavy atom. The number of aryl methyl sites for hydroxylation is 1. The van der Waals surface area contributed by atoms with Gasteiger partial charge in [0.1, 0.15) is 11.5 Å². The lowest BCUT2D eigenvalue weighted by Gasteiger charge is -2.35. The van der Waals surface area contributed by atoms with Crippen LogP contribution in [0.1, 0.15) is 37.7 Å². The molecule has 2 amide bonds. The lowest BCUT2D eigenvalue weighted by atomic mass is 10.1. The molecule has 1 aliphatic heterocycles. The van der Waals surface area contributed by atoms with Crippen molar-refractivity contribution in [2.75, 3.05) is 27.2 Å². The molecule has 3 N–H and O–H groups in total. The van der Waals surface area contributed by atoms with Gasteiger partial charge in [0, 0.05) is 33.9 Å². The molecule has 0 fully saturated rings. The van der Waals surface area contributed by atoms with Crippen LogP contribution in [0.3, 0.4) is 0 Å². The highest BCUT2D eigenvalue weighted by Gasteiger charge is 2.41. The number of nitrogens with one attached hydrogen (secondary N) is 3. The second-order valence-corrected chi connectivity index (χ2v) is 6.19. The van der Waals surface area contributed by atoms with E-state index in [9.17, 15) is 9.59 Å². The highest BCUT2D eigenvalue weighted by Crippen LogP contribution is 2.33. The topological polar surface area (TPSA) is 99.2 Å². The van der Waals surface area contributed by atoms with Crippen LogP contribution >= 0.6 is 0 Å². The Morgan fingerprint density at radius 1 is 1.12 bits per heavy atom. The van der Waals surface area contributed by atoms with Crippen molar-refractivity contribution in [3.63, 3.8) is 0 Å². The Bertz CT molecular complexity index is 706. The minimum Gasteiger partial charge on any atom is -0.359 e. The second kappa shape index (κ2) is 8.06. The summed E-state index contributed by atoms with van der Waals surface area (Å²) in [5.41, 5.74) is 1.88. The van der Waals surface area contributed by atoms with Gasteiger partial charge in [0.2, 0.25) is 17.6 Å². The molecule has 1 unspecified atom stereocenters. The summed E-state index contributed by atoms with van der Waals surface area (Å²) in [6.07, 6.45) is 5.16. The molecule has 1 atom stereocenters. The molecule has 2 rings (SSSR count). The number of aliphatic imine (C=N–C) groups is 1. The molecule has 0 saturated heterocycles. The molecule has 0 aliphatic carbocycles. The van der Waals surface area contributed by atoms with E-state index in [2.05, 4.69) is 25.6 Å². The maximum absolute atomic E-state index is 11.8. The molecular formula is C17H27N6O2+. The molecule has 1 aliphatic rings. The quantitative estimate of drug-likeness (QED) is 0.610. The van der Waals surface area contributed by atoms with E-state index in [1.54, 1.807) is 20.3 Å². The van der Waals surface area contributed by atoms with Crippen LogP contribution in [0.25, 0.3) is 5.70 Å². The molecule has 25 heavy (non-hydrogen) atoms. The maximum atomic E-state index is 11.8. The fourth-order valence-electron chi connectivity index (χ4n) is 3.13. The van der Waals surface area contributed by atoms with Crippen molar-refractivity contribution in [2.24, 2.45) is 4.99 Å². The van der Waals surface area contributed by atoms with Crippen molar-refractivity contribution in [1.82, 2.24) is 20.6 Å². The van der Waals surface area contributed by atoms with Crippen molar-refractivity contribution in [3.8, 4) is 0 Å². The van der Waals surface area contributed by atoms with Crippen LogP contribution in [0.2, 0.25) is 0 Å². The van der Waals surface area contributed by atoms with Gasteiger partial charge in [-0.25, -0.2) is 14.5 Å². The first-order chi connectivity index (χ1) is 11.9. The number of hydrogen-bond donors (Lipinski definition) is 3. The minimum atomic E-state index is -0.0105. The van der Waals surface area contributed by atoms with Gasteiger partial charge in [-0.15, -0.1) is 0 Å². The first kappa shape index (κ1) is 18.9. The van der Waals surface area contributed by atoms with Gasteiger partial charge in [-0.2, -0.15) is 0 Å². The molecule has 1 aromatic rings. The van der Waals surface area contributed by atoms with Crippen LogP contribution in [0.4, 0.5) is 0 Å². The fraction of sp³-hybridized carbons (Fsp3) is 0.529. The van der Waals surface area contributed by atoms with E-state index in [-0.39, 0.29) is 11.8 Å². The summed E-state index contributed by atoms with van der Waals surface area (Å²) in [4.78, 5) is 35.5. The Labute approximate surface area is 148 Å². The van der Waals surface area contributed by atoms with Crippen molar-refractivity contribution in [3.05, 3.63) is 23.9 Å². The summed E-state index contributed by atoms with van der Waals surface area (Å²) < 4.78 is 0.464. The molecule has 1 aromatic heterocycles. The monoisotopic (exact) mass is 347 g/mol. The smallest absolute Gasteiger partial charge is 0.225 e. The predicted molar refractivity (Wildman–Crippen MR) is 96.4 cm³/mol. The number of H-pyrrole nitrogens is 1. The summed E-state index contributed by atoms with van der Waals surface area (Å²) in [7, 11) is 3.28. The summed E-state index contributed by atoms with van der Waals surface area (Å²) in [5, 5.41) is 5.32. The number of nitrogens with zero attached hydrogens (tertiary/aromatic N) is 3. The maximum Gasteiger partial charge on any atom is 0.225 e. The first-order valence-corrected chi connectivity index (χ1v) is 8.49. The zero-order valence-corrected chi connectivity index (χ0v) is 15.3. The largest absolute Gasteiger partial charge is 0.359 e. The lowest BCUT2D eigenvalue weighted by Crippen LogP contribution is -2.50. The number of quaternary nitrogens is 1. The Balaban J connectivity index is 2.26. The number of aromatic nitrogens is 2. The number of aromatic amines is 1. The number of carbonyl (C=O) groups excluding carboxylic acids is 2. The van der Waals surface area contributed by atoms with Gasteiger partial charge in [-0.3, -0.25) is 9.59 Å². The zero-order valence-electron chi connectivity index (χ0n) is 15.3. The standard InChI is InChI=1S/C17H26N6O2/c1-12-20-10-14(22-12)15-11-21-13(2)23(15,9-7-17(25)19-4)8-5-6-16(24)18-3/h10-11H,5-9H2,1-4H3,(H2-,18,19,20,22,24,25)/p+1. The number of rotatable bonds is 8. The van der Waals surface area contributed by atoms with Crippen LogP contribution in [0.15, 0.2) is 17.4 Å². The normalized spacial score (nSPS) is 19.4. The van der Waals surface area contributed by atoms with Gasteiger partial charge in [-0.1, -0.05) is 0 Å². The molecule has 0 saturated carbocycles. The molecule has 0 radical (unpaired) electrons. The molecule has 136 valence electrons. The van der Waals surface area contributed by atoms with Crippen LogP contribution < -0.4 is 10.6 Å². The van der Waals surface area contributed by atoms with Crippen LogP contribution in [0.5, 0.6) is 0 Å². The van der Waals surface area contributed by atoms with Crippen molar-refractivity contribution < 1.29 is 14.1 Å². The number of imidazole rings is 1. The number of amides is 2. The molecular weight excluding hydrogens is 320 g/mol. The number of hydrogen-bond acceptors (Lipinski definition) is 4. The van der Waals surface area contributed by atoms with Gasteiger partial charge >= 0.3 is 0 Å². The first-order valence-electron chi connectivity index (χ1n) is 8.49. The summed E-state index contributed by atoms with van der Waals surface area (Å²) >= 11 is 0. The molecule has 2 heterocycles. The Hall–Kier alpha value is -2.48. The summed E-state index contributed by atoms with van der Waals surface area (Å²) in [6, 6.07) is 0. The van der Waals surface area contributed by atoms with Crippen LogP contribution in [-0.4, -0.2) is 59.3 Å². The third kappa shape index (κ3) is 4.14. The van der Waals surface area contributed by atoms with Gasteiger partial charge in [0.05, 0.1) is 31.9 Å². The van der Waals surface area contributed by atoms with Crippen LogP contribution in [0, 0.1) is 6.92 Å². The minimum absolute atomic E-state index is 0.0105. The third-order valence-corrected chi connectivity index (χ3v) is 4.66. The van der Waals surface area contributed by atoms with E-state index in [0.29, 0.717) is 36.8 Å². The van der Waals surface area contributed by atoms with Crippen molar-refractivity contribution in [1.29, 1.82) is 0 Å². The average Bonchev–Trinajstić information content (AvgIpc) is 3.16. The third-order valence-electron chi connectivity index (χ3n) is 4.66. The molecule has 8 heteroatoms. The van der Waals surface area contributed by atoms with Gasteiger partial charge in [0.15, 0.2) is 5.70 Å². The van der Waals surface area contributed by atoms with Gasteiger partial charge in [-0.05, 0) is 6.92 Å². The Kier molecular flexibility index (Phi) is 6.08. The van der Waals surface area contributed by atoms with Gasteiger partial charge in [0.25, 0.3) is 0 Å². The van der Waals surface area contributed by atoms with Crippen molar-refractivity contribution >= 4 is 23.3 Å². The average molecular weight is 347 g/mol. The van der Waals surface area contributed by atoms with E-state index < -0.39 is 0 Å². The van der Waals surface area contributed by atoms with Gasteiger partial charge < -0.3 is 15.6 Å². The van der Waals surface area contributed by atoms with Crippen molar-refractivity contribution in [2.45, 2.75) is 33.1 Å². The van der Waals surface area contributed by atoms with E-state index in [0.717, 1.165) is 23.1 Å². The molecule has 0 aromatic carbocycles. The highest BCUT2D eigenvalue weighted by atomic mass is 16.2. The fourth-order valence-corrected chi connectivity index (χ4v) is 3.13. The predicted octanol–water partition coefficient (Wildman–Crippen LogP) is 0.928. The summed E-state index contributed by atoms with van der Waals surface area (Å²) in [5.74, 6) is 1.75. The molecule has 0 bridgehead atoms. The zero-order chi connectivity index (χ0) is 18.4. The Morgan fingerprint density at radius 2 is 1.80 bits per heavy atom.